The zero-order valence-corrected chi connectivity index (χ0v) is 13.2. The van der Waals surface area contributed by atoms with Crippen LogP contribution in [-0.2, 0) is 19.1 Å². The lowest BCUT2D eigenvalue weighted by Gasteiger charge is -2.36. The maximum absolute atomic E-state index is 12.6. The van der Waals surface area contributed by atoms with Gasteiger partial charge in [0.05, 0.1) is 0 Å². The topological polar surface area (TPSA) is 92.8 Å². The zero-order valence-electron chi connectivity index (χ0n) is 13.2. The molecule has 3 amide bonds. The summed E-state index contributed by atoms with van der Waals surface area (Å²) in [6.45, 7) is 4.24. The molecule has 0 aromatic carbocycles. The molecule has 22 heavy (non-hydrogen) atoms. The number of esters is 1. The van der Waals surface area contributed by atoms with Crippen molar-refractivity contribution in [2.24, 2.45) is 5.92 Å². The van der Waals surface area contributed by atoms with Crippen LogP contribution in [-0.4, -0.2) is 46.8 Å². The number of hydrogen-bond donors (Lipinski definition) is 1. The highest BCUT2D eigenvalue weighted by molar-refractivity contribution is 6.09. The third kappa shape index (κ3) is 2.84. The standard InChI is InChI=1S/C15H22N2O5/c1-9-6-4-5-7-15(9)13(20)17(14(21)16-15)8-12(19)22-11(3)10(2)18/h9,11H,4-8H2,1-3H3,(H,16,21)/t9-,11-,15-/m0/s1. The molecule has 0 bridgehead atoms. The molecule has 1 aliphatic heterocycles. The first-order valence-corrected chi connectivity index (χ1v) is 7.62. The number of amides is 3. The number of ether oxygens (including phenoxy) is 1. The van der Waals surface area contributed by atoms with Crippen molar-refractivity contribution in [1.82, 2.24) is 10.2 Å². The van der Waals surface area contributed by atoms with E-state index in [1.54, 1.807) is 0 Å². The minimum atomic E-state index is -0.887. The Hall–Kier alpha value is -1.92. The molecule has 1 spiro atoms. The van der Waals surface area contributed by atoms with Crippen LogP contribution >= 0.6 is 0 Å². The van der Waals surface area contributed by atoms with Crippen LogP contribution in [0.25, 0.3) is 0 Å². The van der Waals surface area contributed by atoms with Gasteiger partial charge < -0.3 is 10.1 Å². The maximum Gasteiger partial charge on any atom is 0.326 e. The zero-order chi connectivity index (χ0) is 16.5. The van der Waals surface area contributed by atoms with Gasteiger partial charge in [0.25, 0.3) is 5.91 Å². The Kier molecular flexibility index (Phi) is 4.53. The minimum absolute atomic E-state index is 0.0369. The second-order valence-corrected chi connectivity index (χ2v) is 6.18. The number of nitrogens with zero attached hydrogens (tertiary/aromatic N) is 1. The molecule has 1 N–H and O–H groups in total. The first kappa shape index (κ1) is 16.5. The molecular weight excluding hydrogens is 288 g/mol. The second kappa shape index (κ2) is 6.06. The SMILES string of the molecule is CC(=O)[C@H](C)OC(=O)CN1C(=O)N[C@]2(CCCC[C@@H]2C)C1=O. The van der Waals surface area contributed by atoms with Gasteiger partial charge >= 0.3 is 12.0 Å². The minimum Gasteiger partial charge on any atom is -0.453 e. The first-order chi connectivity index (χ1) is 10.3. The van der Waals surface area contributed by atoms with Crippen LogP contribution in [0.3, 0.4) is 0 Å². The molecule has 2 aliphatic rings. The molecule has 0 unspecified atom stereocenters. The van der Waals surface area contributed by atoms with Gasteiger partial charge in [-0.2, -0.15) is 0 Å². The summed E-state index contributed by atoms with van der Waals surface area (Å²) in [5.74, 6) is -1.37. The molecule has 122 valence electrons. The molecule has 7 heteroatoms. The van der Waals surface area contributed by atoms with Crippen LogP contribution in [0.2, 0.25) is 0 Å². The van der Waals surface area contributed by atoms with Gasteiger partial charge in [0.2, 0.25) is 0 Å². The summed E-state index contributed by atoms with van der Waals surface area (Å²) in [6, 6.07) is -0.564. The quantitative estimate of drug-likeness (QED) is 0.618. The van der Waals surface area contributed by atoms with Gasteiger partial charge in [0.1, 0.15) is 12.1 Å². The van der Waals surface area contributed by atoms with E-state index in [4.69, 9.17) is 4.74 Å². The Morgan fingerprint density at radius 1 is 1.41 bits per heavy atom. The van der Waals surface area contributed by atoms with Crippen molar-refractivity contribution < 1.29 is 23.9 Å². The molecule has 0 aromatic rings. The number of Topliss-reactive ketones (excluding diaryl/α,β-unsaturated/α-hetero) is 1. The molecule has 1 heterocycles. The van der Waals surface area contributed by atoms with Gasteiger partial charge in [-0.1, -0.05) is 19.8 Å². The summed E-state index contributed by atoms with van der Waals surface area (Å²) in [5.41, 5.74) is -0.887. The predicted octanol–water partition coefficient (Wildman–Crippen LogP) is 1.01. The van der Waals surface area contributed by atoms with Crippen LogP contribution in [0, 0.1) is 5.92 Å². The highest BCUT2D eigenvalue weighted by Gasteiger charge is 2.55. The maximum atomic E-state index is 12.6. The summed E-state index contributed by atoms with van der Waals surface area (Å²) in [6.07, 6.45) is 2.48. The number of rotatable bonds is 4. The molecule has 0 aromatic heterocycles. The normalized spacial score (nSPS) is 29.4. The van der Waals surface area contributed by atoms with Gasteiger partial charge in [-0.3, -0.25) is 19.3 Å². The largest absolute Gasteiger partial charge is 0.453 e. The molecule has 3 atom stereocenters. The number of carbonyl (C=O) groups is 4. The predicted molar refractivity (Wildman–Crippen MR) is 76.8 cm³/mol. The lowest BCUT2D eigenvalue weighted by molar-refractivity contribution is -0.155. The number of hydrogen-bond acceptors (Lipinski definition) is 5. The number of imide groups is 1. The van der Waals surface area contributed by atoms with E-state index in [9.17, 15) is 19.2 Å². The number of nitrogens with one attached hydrogen (secondary N) is 1. The van der Waals surface area contributed by atoms with Gasteiger partial charge in [-0.05, 0) is 32.6 Å². The van der Waals surface area contributed by atoms with Gasteiger partial charge in [-0.15, -0.1) is 0 Å². The third-order valence-corrected chi connectivity index (χ3v) is 4.67. The average molecular weight is 310 g/mol. The van der Waals surface area contributed by atoms with E-state index in [0.717, 1.165) is 24.2 Å². The summed E-state index contributed by atoms with van der Waals surface area (Å²) < 4.78 is 4.91. The van der Waals surface area contributed by atoms with Crippen molar-refractivity contribution in [2.75, 3.05) is 6.54 Å². The molecule has 0 radical (unpaired) electrons. The Bertz CT molecular complexity index is 518. The Balaban J connectivity index is 2.06. The van der Waals surface area contributed by atoms with Crippen molar-refractivity contribution in [3.8, 4) is 0 Å². The van der Waals surface area contributed by atoms with Gasteiger partial charge in [0, 0.05) is 0 Å². The lowest BCUT2D eigenvalue weighted by Crippen LogP contribution is -2.54. The number of urea groups is 1. The fourth-order valence-corrected chi connectivity index (χ4v) is 3.09. The third-order valence-electron chi connectivity index (χ3n) is 4.67. The van der Waals surface area contributed by atoms with Crippen LogP contribution in [0.4, 0.5) is 4.79 Å². The van der Waals surface area contributed by atoms with E-state index in [1.165, 1.54) is 13.8 Å². The molecular formula is C15H22N2O5. The van der Waals surface area contributed by atoms with Crippen molar-refractivity contribution in [2.45, 2.75) is 58.1 Å². The van der Waals surface area contributed by atoms with E-state index in [2.05, 4.69) is 5.32 Å². The van der Waals surface area contributed by atoms with Gasteiger partial charge in [0.15, 0.2) is 11.9 Å². The van der Waals surface area contributed by atoms with Crippen LogP contribution in [0.1, 0.15) is 46.5 Å². The average Bonchev–Trinajstić information content (AvgIpc) is 2.67. The molecule has 2 fully saturated rings. The second-order valence-electron chi connectivity index (χ2n) is 6.18. The van der Waals surface area contributed by atoms with E-state index in [-0.39, 0.29) is 17.6 Å². The summed E-state index contributed by atoms with van der Waals surface area (Å²) in [7, 11) is 0. The van der Waals surface area contributed by atoms with Crippen molar-refractivity contribution in [3.63, 3.8) is 0 Å². The van der Waals surface area contributed by atoms with E-state index in [1.807, 2.05) is 6.92 Å². The van der Waals surface area contributed by atoms with Crippen LogP contribution in [0.5, 0.6) is 0 Å². The lowest BCUT2D eigenvalue weighted by atomic mass is 9.73. The Labute approximate surface area is 129 Å². The highest BCUT2D eigenvalue weighted by Crippen LogP contribution is 2.38. The molecule has 1 saturated heterocycles. The van der Waals surface area contributed by atoms with Crippen molar-refractivity contribution >= 4 is 23.7 Å². The molecule has 1 saturated carbocycles. The van der Waals surface area contributed by atoms with Crippen molar-refractivity contribution in [1.29, 1.82) is 0 Å². The van der Waals surface area contributed by atoms with Crippen molar-refractivity contribution in [3.05, 3.63) is 0 Å². The fourth-order valence-electron chi connectivity index (χ4n) is 3.09. The molecule has 2 rings (SSSR count). The Morgan fingerprint density at radius 3 is 2.68 bits per heavy atom. The molecule has 7 nitrogen and oxygen atoms in total. The monoisotopic (exact) mass is 310 g/mol. The summed E-state index contributed by atoms with van der Waals surface area (Å²) in [4.78, 5) is 48.5. The fraction of sp³-hybridized carbons (Fsp3) is 0.733. The summed E-state index contributed by atoms with van der Waals surface area (Å²) >= 11 is 0. The van der Waals surface area contributed by atoms with Gasteiger partial charge in [-0.25, -0.2) is 4.79 Å². The summed E-state index contributed by atoms with van der Waals surface area (Å²) in [5, 5.41) is 2.76. The first-order valence-electron chi connectivity index (χ1n) is 7.62. The van der Waals surface area contributed by atoms with E-state index in [0.29, 0.717) is 6.42 Å². The van der Waals surface area contributed by atoms with E-state index < -0.39 is 30.2 Å². The number of carbonyl (C=O) groups excluding carboxylic acids is 4. The van der Waals surface area contributed by atoms with Crippen LogP contribution in [0.15, 0.2) is 0 Å². The highest BCUT2D eigenvalue weighted by atomic mass is 16.5. The Morgan fingerprint density at radius 2 is 2.09 bits per heavy atom. The molecule has 1 aliphatic carbocycles. The smallest absolute Gasteiger partial charge is 0.326 e. The van der Waals surface area contributed by atoms with E-state index >= 15 is 0 Å². The van der Waals surface area contributed by atoms with Crippen LogP contribution < -0.4 is 5.32 Å². The number of ketones is 1.